The van der Waals surface area contributed by atoms with Gasteiger partial charge >= 0.3 is 0 Å². The van der Waals surface area contributed by atoms with E-state index in [4.69, 9.17) is 4.74 Å². The third kappa shape index (κ3) is 4.07. The van der Waals surface area contributed by atoms with Crippen LogP contribution in [0.4, 0.5) is 0 Å². The predicted octanol–water partition coefficient (Wildman–Crippen LogP) is 4.74. The van der Waals surface area contributed by atoms with Crippen LogP contribution in [-0.4, -0.2) is 12.4 Å². The normalized spacial score (nSPS) is 10.7. The number of carbonyl (C=O) groups is 1. The van der Waals surface area contributed by atoms with Gasteiger partial charge in [0, 0.05) is 4.47 Å². The molecule has 0 aliphatic carbocycles. The standard InChI is InChI=1S/C17H15BrO2/c1-13(19)16-12-15(18)9-10-17(16)20-11-5-8-14-6-3-2-4-7-14/h2-10,12H,11H2,1H3. The van der Waals surface area contributed by atoms with Crippen LogP contribution in [0.15, 0.2) is 59.1 Å². The highest BCUT2D eigenvalue weighted by molar-refractivity contribution is 9.10. The Morgan fingerprint density at radius 2 is 1.95 bits per heavy atom. The average Bonchev–Trinajstić information content (AvgIpc) is 2.45. The number of ether oxygens (including phenoxy) is 1. The van der Waals surface area contributed by atoms with Crippen LogP contribution in [0, 0.1) is 0 Å². The molecule has 0 fully saturated rings. The van der Waals surface area contributed by atoms with Gasteiger partial charge in [0.05, 0.1) is 5.56 Å². The van der Waals surface area contributed by atoms with Gasteiger partial charge in [-0.3, -0.25) is 4.79 Å². The molecule has 0 spiro atoms. The zero-order valence-electron chi connectivity index (χ0n) is 11.2. The fraction of sp³-hybridized carbons (Fsp3) is 0.118. The first-order chi connectivity index (χ1) is 9.66. The van der Waals surface area contributed by atoms with Crippen molar-refractivity contribution in [3.05, 3.63) is 70.2 Å². The van der Waals surface area contributed by atoms with Crippen molar-refractivity contribution >= 4 is 27.8 Å². The summed E-state index contributed by atoms with van der Waals surface area (Å²) >= 11 is 3.36. The maximum absolute atomic E-state index is 11.6. The van der Waals surface area contributed by atoms with E-state index in [2.05, 4.69) is 15.9 Å². The molecule has 0 aliphatic rings. The lowest BCUT2D eigenvalue weighted by molar-refractivity contribution is 0.101. The summed E-state index contributed by atoms with van der Waals surface area (Å²) in [7, 11) is 0. The number of carbonyl (C=O) groups excluding carboxylic acids is 1. The fourth-order valence-electron chi connectivity index (χ4n) is 1.79. The summed E-state index contributed by atoms with van der Waals surface area (Å²) < 4.78 is 6.52. The van der Waals surface area contributed by atoms with E-state index >= 15 is 0 Å². The smallest absolute Gasteiger partial charge is 0.163 e. The first-order valence-corrected chi connectivity index (χ1v) is 7.11. The van der Waals surface area contributed by atoms with Crippen molar-refractivity contribution in [2.75, 3.05) is 6.61 Å². The molecular formula is C17H15BrO2. The van der Waals surface area contributed by atoms with E-state index in [1.54, 1.807) is 12.1 Å². The maximum Gasteiger partial charge on any atom is 0.163 e. The van der Waals surface area contributed by atoms with E-state index in [1.165, 1.54) is 6.92 Å². The highest BCUT2D eigenvalue weighted by Gasteiger charge is 2.08. The van der Waals surface area contributed by atoms with E-state index < -0.39 is 0 Å². The highest BCUT2D eigenvalue weighted by atomic mass is 79.9. The van der Waals surface area contributed by atoms with E-state index in [1.807, 2.05) is 48.6 Å². The van der Waals surface area contributed by atoms with Gasteiger partial charge in [-0.15, -0.1) is 0 Å². The molecule has 0 aliphatic heterocycles. The van der Waals surface area contributed by atoms with Crippen LogP contribution >= 0.6 is 15.9 Å². The number of benzene rings is 2. The lowest BCUT2D eigenvalue weighted by Gasteiger charge is -2.08. The monoisotopic (exact) mass is 330 g/mol. The maximum atomic E-state index is 11.6. The van der Waals surface area contributed by atoms with Crippen LogP contribution in [0.2, 0.25) is 0 Å². The van der Waals surface area contributed by atoms with Crippen molar-refractivity contribution < 1.29 is 9.53 Å². The molecule has 2 nitrogen and oxygen atoms in total. The summed E-state index contributed by atoms with van der Waals surface area (Å²) in [6.45, 7) is 1.96. The van der Waals surface area contributed by atoms with Gasteiger partial charge in [0.25, 0.3) is 0 Å². The Morgan fingerprint density at radius 1 is 1.20 bits per heavy atom. The average molecular weight is 331 g/mol. The first-order valence-electron chi connectivity index (χ1n) is 6.31. The van der Waals surface area contributed by atoms with E-state index in [0.717, 1.165) is 10.0 Å². The molecule has 0 N–H and O–H groups in total. The van der Waals surface area contributed by atoms with Gasteiger partial charge in [-0.05, 0) is 36.8 Å². The molecule has 2 rings (SSSR count). The molecule has 0 heterocycles. The quantitative estimate of drug-likeness (QED) is 0.740. The lowest BCUT2D eigenvalue weighted by Crippen LogP contribution is -2.01. The van der Waals surface area contributed by atoms with Gasteiger partial charge in [-0.1, -0.05) is 52.3 Å². The second-order valence-corrected chi connectivity index (χ2v) is 5.24. The molecule has 2 aromatic rings. The van der Waals surface area contributed by atoms with Gasteiger partial charge in [0.2, 0.25) is 0 Å². The zero-order valence-corrected chi connectivity index (χ0v) is 12.8. The van der Waals surface area contributed by atoms with Crippen LogP contribution in [-0.2, 0) is 0 Å². The zero-order chi connectivity index (χ0) is 14.4. The Bertz CT molecular complexity index is 618. The number of halogens is 1. The van der Waals surface area contributed by atoms with Crippen LogP contribution in [0.3, 0.4) is 0 Å². The number of Topliss-reactive ketones (excluding diaryl/α,β-unsaturated/α-hetero) is 1. The van der Waals surface area contributed by atoms with Gasteiger partial charge in [-0.2, -0.15) is 0 Å². The number of ketones is 1. The molecule has 2 aromatic carbocycles. The van der Waals surface area contributed by atoms with Gasteiger partial charge < -0.3 is 4.74 Å². The Labute approximate surface area is 127 Å². The van der Waals surface area contributed by atoms with Crippen LogP contribution in [0.25, 0.3) is 6.08 Å². The Balaban J connectivity index is 2.01. The molecule has 102 valence electrons. The summed E-state index contributed by atoms with van der Waals surface area (Å²) in [5.74, 6) is 0.603. The van der Waals surface area contributed by atoms with E-state index in [-0.39, 0.29) is 5.78 Å². The van der Waals surface area contributed by atoms with Gasteiger partial charge in [0.1, 0.15) is 12.4 Å². The molecule has 0 amide bonds. The van der Waals surface area contributed by atoms with Crippen molar-refractivity contribution in [1.82, 2.24) is 0 Å². The van der Waals surface area contributed by atoms with Crippen LogP contribution < -0.4 is 4.74 Å². The largest absolute Gasteiger partial charge is 0.489 e. The molecule has 3 heteroatoms. The van der Waals surface area contributed by atoms with Crippen molar-refractivity contribution in [3.8, 4) is 5.75 Å². The molecule has 20 heavy (non-hydrogen) atoms. The molecular weight excluding hydrogens is 316 g/mol. The minimum atomic E-state index is -0.00617. The summed E-state index contributed by atoms with van der Waals surface area (Å²) in [5, 5.41) is 0. The number of hydrogen-bond acceptors (Lipinski definition) is 2. The second-order valence-electron chi connectivity index (χ2n) is 4.32. The Hall–Kier alpha value is -1.87. The predicted molar refractivity (Wildman–Crippen MR) is 85.1 cm³/mol. The minimum absolute atomic E-state index is 0.00617. The van der Waals surface area contributed by atoms with E-state index in [9.17, 15) is 4.79 Å². The Kier molecular flexibility index (Phi) is 5.13. The highest BCUT2D eigenvalue weighted by Crippen LogP contribution is 2.23. The third-order valence-electron chi connectivity index (χ3n) is 2.77. The van der Waals surface area contributed by atoms with Crippen molar-refractivity contribution in [3.63, 3.8) is 0 Å². The van der Waals surface area contributed by atoms with E-state index in [0.29, 0.717) is 17.9 Å². The minimum Gasteiger partial charge on any atom is -0.489 e. The lowest BCUT2D eigenvalue weighted by atomic mass is 10.1. The van der Waals surface area contributed by atoms with Crippen LogP contribution in [0.5, 0.6) is 5.75 Å². The third-order valence-corrected chi connectivity index (χ3v) is 3.26. The van der Waals surface area contributed by atoms with Crippen LogP contribution in [0.1, 0.15) is 22.8 Å². The van der Waals surface area contributed by atoms with Gasteiger partial charge in [-0.25, -0.2) is 0 Å². The molecule has 0 aromatic heterocycles. The summed E-state index contributed by atoms with van der Waals surface area (Å²) in [4.78, 5) is 11.6. The number of rotatable bonds is 5. The second kappa shape index (κ2) is 7.06. The fourth-order valence-corrected chi connectivity index (χ4v) is 2.15. The van der Waals surface area contributed by atoms with Gasteiger partial charge in [0.15, 0.2) is 5.78 Å². The first kappa shape index (κ1) is 14.5. The molecule has 0 saturated heterocycles. The number of hydrogen-bond donors (Lipinski definition) is 0. The molecule has 0 saturated carbocycles. The molecule has 0 unspecified atom stereocenters. The topological polar surface area (TPSA) is 26.3 Å². The summed E-state index contributed by atoms with van der Waals surface area (Å²) in [6.07, 6.45) is 3.92. The molecule has 0 radical (unpaired) electrons. The van der Waals surface area contributed by atoms with Crippen molar-refractivity contribution in [2.45, 2.75) is 6.92 Å². The summed E-state index contributed by atoms with van der Waals surface area (Å²) in [6, 6.07) is 15.5. The summed E-state index contributed by atoms with van der Waals surface area (Å²) in [5.41, 5.74) is 1.71. The molecule has 0 atom stereocenters. The van der Waals surface area contributed by atoms with Crippen molar-refractivity contribution in [1.29, 1.82) is 0 Å². The SMILES string of the molecule is CC(=O)c1cc(Br)ccc1OCC=Cc1ccccc1. The molecule has 0 bridgehead atoms. The Morgan fingerprint density at radius 3 is 2.65 bits per heavy atom. The van der Waals surface area contributed by atoms with Crippen molar-refractivity contribution in [2.24, 2.45) is 0 Å².